The first-order valence-electron chi connectivity index (χ1n) is 6.34. The molecule has 0 bridgehead atoms. The smallest absolute Gasteiger partial charge is 0.272 e. The highest BCUT2D eigenvalue weighted by atomic mass is 32.2. The summed E-state index contributed by atoms with van der Waals surface area (Å²) in [6, 6.07) is 0. The van der Waals surface area contributed by atoms with Crippen LogP contribution >= 0.6 is 0 Å². The Morgan fingerprint density at radius 3 is 0.875 bits per heavy atom. The lowest BCUT2D eigenvalue weighted by molar-refractivity contribution is 0.242. The van der Waals surface area contributed by atoms with Gasteiger partial charge in [0.2, 0.25) is 0 Å². The number of unbranched alkanes of at least 4 members (excludes halogenated alkanes) is 1. The van der Waals surface area contributed by atoms with E-state index in [1.54, 1.807) is 0 Å². The first-order valence-corrected chi connectivity index (χ1v) is 9.34. The van der Waals surface area contributed by atoms with Gasteiger partial charge in [0.15, 0.2) is 0 Å². The van der Waals surface area contributed by atoms with Crippen LogP contribution in [0.2, 0.25) is 0 Å². The van der Waals surface area contributed by atoms with Crippen molar-refractivity contribution in [3.63, 3.8) is 0 Å². The maximum absolute atomic E-state index is 11.4. The molecule has 0 aliphatic heterocycles. The lowest BCUT2D eigenvalue weighted by Gasteiger charge is -2.01. The number of alkyl halides is 4. The third-order valence-electron chi connectivity index (χ3n) is 2.10. The van der Waals surface area contributed by atoms with Gasteiger partial charge in [-0.15, -0.1) is 0 Å². The van der Waals surface area contributed by atoms with Crippen LogP contribution in [0.5, 0.6) is 0 Å². The van der Waals surface area contributed by atoms with Crippen molar-refractivity contribution in [1.82, 2.24) is 0 Å². The van der Waals surface area contributed by atoms with Gasteiger partial charge >= 0.3 is 0 Å². The molecular weight excluding hydrogens is 388 g/mol. The molecule has 0 heterocycles. The molecule has 4 N–H and O–H groups in total. The SMILES string of the molecule is O=S(=O)(O)C(CF)CF.O=S(=O)(O)C(CF)CF.OCCCCO. The molecule has 24 heavy (non-hydrogen) atoms. The largest absolute Gasteiger partial charge is 0.396 e. The zero-order valence-corrected chi connectivity index (χ0v) is 14.2. The summed E-state index contributed by atoms with van der Waals surface area (Å²) >= 11 is 0. The molecule has 0 saturated carbocycles. The van der Waals surface area contributed by atoms with Crippen molar-refractivity contribution in [2.75, 3.05) is 39.9 Å². The average molecular weight is 410 g/mol. The molecule has 0 aromatic heterocycles. The fraction of sp³-hybridized carbons (Fsp3) is 1.00. The Balaban J connectivity index is -0.000000282. The maximum Gasteiger partial charge on any atom is 0.272 e. The quantitative estimate of drug-likeness (QED) is 0.238. The van der Waals surface area contributed by atoms with Crippen LogP contribution in [0.3, 0.4) is 0 Å². The van der Waals surface area contributed by atoms with E-state index in [2.05, 4.69) is 0 Å². The monoisotopic (exact) mass is 410 g/mol. The highest BCUT2D eigenvalue weighted by Crippen LogP contribution is 2.00. The summed E-state index contributed by atoms with van der Waals surface area (Å²) in [7, 11) is -9.03. The molecule has 0 aliphatic rings. The van der Waals surface area contributed by atoms with Crippen molar-refractivity contribution in [2.24, 2.45) is 0 Å². The zero-order chi connectivity index (χ0) is 19.8. The molecule has 0 saturated heterocycles. The Kier molecular flexibility index (Phi) is 18.8. The van der Waals surface area contributed by atoms with Gasteiger partial charge in [-0.25, -0.2) is 17.6 Å². The lowest BCUT2D eigenvalue weighted by Crippen LogP contribution is -2.24. The topological polar surface area (TPSA) is 149 Å². The highest BCUT2D eigenvalue weighted by Gasteiger charge is 2.22. The predicted molar refractivity (Wildman–Crippen MR) is 78.0 cm³/mol. The van der Waals surface area contributed by atoms with E-state index < -0.39 is 57.4 Å². The second kappa shape index (κ2) is 16.0. The number of aliphatic hydroxyl groups excluding tert-OH is 2. The number of hydrogen-bond donors (Lipinski definition) is 4. The van der Waals surface area contributed by atoms with Crippen LogP contribution in [0.1, 0.15) is 12.8 Å². The summed E-state index contributed by atoms with van der Waals surface area (Å²) in [5.74, 6) is 0. The van der Waals surface area contributed by atoms with Gasteiger partial charge in [-0.2, -0.15) is 16.8 Å². The third-order valence-corrected chi connectivity index (χ3v) is 4.29. The van der Waals surface area contributed by atoms with Crippen LogP contribution in [0, 0.1) is 0 Å². The highest BCUT2D eigenvalue weighted by molar-refractivity contribution is 7.86. The number of hydrogen-bond acceptors (Lipinski definition) is 6. The molecule has 0 radical (unpaired) electrons. The Hall–Kier alpha value is -0.540. The third kappa shape index (κ3) is 17.8. The fourth-order valence-corrected chi connectivity index (χ4v) is 1.26. The molecule has 0 spiro atoms. The van der Waals surface area contributed by atoms with Crippen LogP contribution < -0.4 is 0 Å². The number of aliphatic hydroxyl groups is 2. The maximum atomic E-state index is 11.4. The van der Waals surface area contributed by atoms with Crippen LogP contribution in [-0.4, -0.2) is 86.6 Å². The van der Waals surface area contributed by atoms with E-state index in [-0.39, 0.29) is 13.2 Å². The van der Waals surface area contributed by atoms with Crippen molar-refractivity contribution < 1.29 is 53.7 Å². The molecule has 0 atom stereocenters. The van der Waals surface area contributed by atoms with Gasteiger partial charge in [0, 0.05) is 13.2 Å². The molecule has 0 fully saturated rings. The number of rotatable bonds is 9. The van der Waals surface area contributed by atoms with Crippen molar-refractivity contribution in [3.8, 4) is 0 Å². The van der Waals surface area contributed by atoms with E-state index in [0.29, 0.717) is 0 Å². The Morgan fingerprint density at radius 1 is 0.625 bits per heavy atom. The second-order valence-electron chi connectivity index (χ2n) is 4.05. The van der Waals surface area contributed by atoms with E-state index >= 15 is 0 Å². The first kappa shape index (κ1) is 28.3. The standard InChI is InChI=1S/C4H10O2.2C3H6F2O3S/c5-3-1-2-4-6;2*4-1-3(2-5)9(6,7)8/h5-6H,1-4H2;2*3H,1-2H2,(H,6,7,8). The Labute approximate surface area is 138 Å². The lowest BCUT2D eigenvalue weighted by atomic mass is 10.3. The molecular formula is C10H22F4O8S2. The first-order chi connectivity index (χ1) is 11.0. The molecule has 0 aliphatic carbocycles. The van der Waals surface area contributed by atoms with Crippen molar-refractivity contribution in [2.45, 2.75) is 23.3 Å². The van der Waals surface area contributed by atoms with E-state index in [0.717, 1.165) is 12.8 Å². The van der Waals surface area contributed by atoms with Crippen molar-refractivity contribution in [1.29, 1.82) is 0 Å². The normalized spacial score (nSPS) is 11.6. The minimum absolute atomic E-state index is 0.195. The van der Waals surface area contributed by atoms with Crippen LogP contribution in [0.25, 0.3) is 0 Å². The van der Waals surface area contributed by atoms with Gasteiger partial charge in [0.25, 0.3) is 20.2 Å². The van der Waals surface area contributed by atoms with Crippen molar-refractivity contribution in [3.05, 3.63) is 0 Å². The van der Waals surface area contributed by atoms with Gasteiger partial charge in [0.1, 0.15) is 37.2 Å². The molecule has 0 aromatic carbocycles. The summed E-state index contributed by atoms with van der Waals surface area (Å²) in [4.78, 5) is 0. The Morgan fingerprint density at radius 2 is 0.833 bits per heavy atom. The van der Waals surface area contributed by atoms with E-state index in [9.17, 15) is 34.4 Å². The molecule has 0 rings (SSSR count). The van der Waals surface area contributed by atoms with Crippen LogP contribution in [0.15, 0.2) is 0 Å². The summed E-state index contributed by atoms with van der Waals surface area (Å²) in [5.41, 5.74) is 0. The summed E-state index contributed by atoms with van der Waals surface area (Å²) in [5, 5.41) is 12.4. The minimum atomic E-state index is -4.52. The van der Waals surface area contributed by atoms with Gasteiger partial charge < -0.3 is 10.2 Å². The van der Waals surface area contributed by atoms with E-state index in [1.165, 1.54) is 0 Å². The van der Waals surface area contributed by atoms with E-state index in [4.69, 9.17) is 19.3 Å². The number of halogens is 4. The summed E-state index contributed by atoms with van der Waals surface area (Å²) < 4.78 is 101. The molecule has 0 amide bonds. The van der Waals surface area contributed by atoms with Gasteiger partial charge in [0.05, 0.1) is 0 Å². The molecule has 150 valence electrons. The fourth-order valence-electron chi connectivity index (χ4n) is 0.625. The van der Waals surface area contributed by atoms with Crippen LogP contribution in [-0.2, 0) is 20.2 Å². The van der Waals surface area contributed by atoms with Crippen LogP contribution in [0.4, 0.5) is 17.6 Å². The predicted octanol–water partition coefficient (Wildman–Crippen LogP) is 0.115. The van der Waals surface area contributed by atoms with Crippen molar-refractivity contribution >= 4 is 20.2 Å². The van der Waals surface area contributed by atoms with Gasteiger partial charge in [-0.05, 0) is 12.8 Å². The van der Waals surface area contributed by atoms with Gasteiger partial charge in [-0.1, -0.05) is 0 Å². The molecule has 14 heteroatoms. The molecule has 0 unspecified atom stereocenters. The molecule has 8 nitrogen and oxygen atoms in total. The Bertz CT molecular complexity index is 419. The summed E-state index contributed by atoms with van der Waals surface area (Å²) in [6.45, 7) is -5.18. The average Bonchev–Trinajstić information content (AvgIpc) is 2.46. The minimum Gasteiger partial charge on any atom is -0.396 e. The van der Waals surface area contributed by atoms with Gasteiger partial charge in [-0.3, -0.25) is 9.11 Å². The zero-order valence-electron chi connectivity index (χ0n) is 12.6. The molecule has 0 aromatic rings. The van der Waals surface area contributed by atoms with E-state index in [1.807, 2.05) is 0 Å². The second-order valence-corrected chi connectivity index (χ2v) is 7.44. The summed E-state index contributed by atoms with van der Waals surface area (Å²) in [6.07, 6.45) is 1.44.